The number of nitrogens with zero attached hydrogens (tertiary/aromatic N) is 2. The van der Waals surface area contributed by atoms with Crippen LogP contribution >= 0.6 is 12.2 Å². The minimum Gasteiger partial charge on any atom is -0.508 e. The molecular formula is C17H18FN3OS. The van der Waals surface area contributed by atoms with Crippen LogP contribution < -0.4 is 10.2 Å². The van der Waals surface area contributed by atoms with Crippen molar-refractivity contribution in [2.24, 2.45) is 0 Å². The van der Waals surface area contributed by atoms with Gasteiger partial charge in [0, 0.05) is 43.6 Å². The van der Waals surface area contributed by atoms with E-state index < -0.39 is 0 Å². The molecule has 0 radical (unpaired) electrons. The SMILES string of the molecule is Oc1cccc(N2CCN(C(=S)Nc3cccc(F)c3)CC2)c1. The van der Waals surface area contributed by atoms with Crippen LogP contribution in [0.25, 0.3) is 0 Å². The van der Waals surface area contributed by atoms with E-state index in [1.54, 1.807) is 24.3 Å². The molecule has 2 aromatic carbocycles. The van der Waals surface area contributed by atoms with Crippen molar-refractivity contribution in [3.63, 3.8) is 0 Å². The van der Waals surface area contributed by atoms with Gasteiger partial charge in [0.05, 0.1) is 0 Å². The lowest BCUT2D eigenvalue weighted by Crippen LogP contribution is -2.50. The number of hydrogen-bond acceptors (Lipinski definition) is 3. The Balaban J connectivity index is 1.57. The summed E-state index contributed by atoms with van der Waals surface area (Å²) in [5.74, 6) is -0.0141. The molecule has 1 aliphatic rings. The lowest BCUT2D eigenvalue weighted by Gasteiger charge is -2.37. The predicted octanol–water partition coefficient (Wildman–Crippen LogP) is 3.05. The van der Waals surface area contributed by atoms with Gasteiger partial charge in [-0.25, -0.2) is 4.39 Å². The van der Waals surface area contributed by atoms with Crippen molar-refractivity contribution in [3.05, 3.63) is 54.3 Å². The van der Waals surface area contributed by atoms with Crippen LogP contribution in [0.5, 0.6) is 5.75 Å². The van der Waals surface area contributed by atoms with Gasteiger partial charge in [0.15, 0.2) is 5.11 Å². The molecule has 23 heavy (non-hydrogen) atoms. The normalized spacial score (nSPS) is 14.7. The number of nitrogens with one attached hydrogen (secondary N) is 1. The number of anilines is 2. The molecule has 4 nitrogen and oxygen atoms in total. The summed E-state index contributed by atoms with van der Waals surface area (Å²) in [7, 11) is 0. The number of benzene rings is 2. The Morgan fingerprint density at radius 1 is 1.04 bits per heavy atom. The first-order chi connectivity index (χ1) is 11.1. The minimum absolute atomic E-state index is 0.272. The molecule has 1 aliphatic heterocycles. The number of phenolic OH excluding ortho intramolecular Hbond substituents is 1. The largest absolute Gasteiger partial charge is 0.508 e. The van der Waals surface area contributed by atoms with Gasteiger partial charge >= 0.3 is 0 Å². The van der Waals surface area contributed by atoms with Crippen molar-refractivity contribution < 1.29 is 9.50 Å². The summed E-state index contributed by atoms with van der Waals surface area (Å²) in [5, 5.41) is 13.2. The Bertz CT molecular complexity index is 702. The first kappa shape index (κ1) is 15.6. The molecule has 0 saturated carbocycles. The van der Waals surface area contributed by atoms with Crippen molar-refractivity contribution in [1.29, 1.82) is 0 Å². The maximum atomic E-state index is 13.2. The summed E-state index contributed by atoms with van der Waals surface area (Å²) >= 11 is 5.41. The van der Waals surface area contributed by atoms with E-state index >= 15 is 0 Å². The zero-order valence-electron chi connectivity index (χ0n) is 12.6. The Morgan fingerprint density at radius 2 is 1.78 bits per heavy atom. The van der Waals surface area contributed by atoms with Crippen LogP contribution in [0.2, 0.25) is 0 Å². The molecule has 6 heteroatoms. The van der Waals surface area contributed by atoms with Gasteiger partial charge in [0.2, 0.25) is 0 Å². The molecule has 0 aliphatic carbocycles. The van der Waals surface area contributed by atoms with Crippen LogP contribution in [0, 0.1) is 5.82 Å². The van der Waals surface area contributed by atoms with E-state index in [1.807, 2.05) is 12.1 Å². The number of thiocarbonyl (C=S) groups is 1. The van der Waals surface area contributed by atoms with Crippen LogP contribution in [-0.2, 0) is 0 Å². The highest BCUT2D eigenvalue weighted by atomic mass is 32.1. The van der Waals surface area contributed by atoms with E-state index in [-0.39, 0.29) is 11.6 Å². The number of aromatic hydroxyl groups is 1. The standard InChI is InChI=1S/C17H18FN3OS/c18-13-3-1-4-14(11-13)19-17(23)21-9-7-20(8-10-21)15-5-2-6-16(22)12-15/h1-6,11-12,22H,7-10H2,(H,19,23). The van der Waals surface area contributed by atoms with Crippen LogP contribution in [-0.4, -0.2) is 41.3 Å². The molecule has 0 unspecified atom stereocenters. The van der Waals surface area contributed by atoms with Gasteiger partial charge in [-0.2, -0.15) is 0 Å². The van der Waals surface area contributed by atoms with Gasteiger partial charge in [-0.15, -0.1) is 0 Å². The van der Waals surface area contributed by atoms with Gasteiger partial charge in [-0.3, -0.25) is 0 Å². The lowest BCUT2D eigenvalue weighted by molar-refractivity contribution is 0.390. The maximum Gasteiger partial charge on any atom is 0.173 e. The fraction of sp³-hybridized carbons (Fsp3) is 0.235. The smallest absolute Gasteiger partial charge is 0.173 e. The molecule has 3 rings (SSSR count). The summed E-state index contributed by atoms with van der Waals surface area (Å²) in [4.78, 5) is 4.28. The minimum atomic E-state index is -0.286. The molecule has 0 aromatic heterocycles. The van der Waals surface area contributed by atoms with E-state index in [4.69, 9.17) is 12.2 Å². The first-order valence-electron chi connectivity index (χ1n) is 7.47. The molecule has 0 amide bonds. The Morgan fingerprint density at radius 3 is 2.48 bits per heavy atom. The third-order valence-electron chi connectivity index (χ3n) is 3.84. The summed E-state index contributed by atoms with van der Waals surface area (Å²) in [6, 6.07) is 13.5. The van der Waals surface area contributed by atoms with Crippen molar-refractivity contribution in [3.8, 4) is 5.75 Å². The second kappa shape index (κ2) is 6.83. The van der Waals surface area contributed by atoms with Gasteiger partial charge in [0.25, 0.3) is 0 Å². The maximum absolute atomic E-state index is 13.2. The zero-order chi connectivity index (χ0) is 16.2. The summed E-state index contributed by atoms with van der Waals surface area (Å²) in [6.07, 6.45) is 0. The quantitative estimate of drug-likeness (QED) is 0.828. The molecule has 120 valence electrons. The van der Waals surface area contributed by atoms with Crippen molar-refractivity contribution in [1.82, 2.24) is 4.90 Å². The molecule has 0 spiro atoms. The summed E-state index contributed by atoms with van der Waals surface area (Å²) in [5.41, 5.74) is 1.67. The number of phenols is 1. The number of halogens is 1. The summed E-state index contributed by atoms with van der Waals surface area (Å²) in [6.45, 7) is 3.18. The lowest BCUT2D eigenvalue weighted by atomic mass is 10.2. The van der Waals surface area contributed by atoms with E-state index in [1.165, 1.54) is 12.1 Å². The van der Waals surface area contributed by atoms with Gasteiger partial charge in [-0.05, 0) is 42.5 Å². The third kappa shape index (κ3) is 3.90. The molecule has 0 atom stereocenters. The molecule has 1 saturated heterocycles. The number of piperazine rings is 1. The molecule has 1 heterocycles. The van der Waals surface area contributed by atoms with Crippen LogP contribution in [0.1, 0.15) is 0 Å². The van der Waals surface area contributed by atoms with Crippen LogP contribution in [0.15, 0.2) is 48.5 Å². The topological polar surface area (TPSA) is 38.7 Å². The first-order valence-corrected chi connectivity index (χ1v) is 7.88. The van der Waals surface area contributed by atoms with Gasteiger partial charge in [-0.1, -0.05) is 12.1 Å². The van der Waals surface area contributed by atoms with Gasteiger partial charge < -0.3 is 20.2 Å². The average molecular weight is 331 g/mol. The highest BCUT2D eigenvalue weighted by Gasteiger charge is 2.19. The Kier molecular flexibility index (Phi) is 4.62. The van der Waals surface area contributed by atoms with Crippen LogP contribution in [0.3, 0.4) is 0 Å². The molecule has 1 fully saturated rings. The number of hydrogen-bond donors (Lipinski definition) is 2. The molecule has 2 aromatic rings. The zero-order valence-corrected chi connectivity index (χ0v) is 13.4. The van der Waals surface area contributed by atoms with E-state index in [9.17, 15) is 9.50 Å². The van der Waals surface area contributed by atoms with Crippen LogP contribution in [0.4, 0.5) is 15.8 Å². The van der Waals surface area contributed by atoms with Crippen molar-refractivity contribution in [2.45, 2.75) is 0 Å². The number of rotatable bonds is 2. The second-order valence-electron chi connectivity index (χ2n) is 5.43. The molecule has 2 N–H and O–H groups in total. The fourth-order valence-corrected chi connectivity index (χ4v) is 2.93. The van der Waals surface area contributed by atoms with Gasteiger partial charge in [0.1, 0.15) is 11.6 Å². The molecule has 0 bridgehead atoms. The highest BCUT2D eigenvalue weighted by Crippen LogP contribution is 2.21. The van der Waals surface area contributed by atoms with E-state index in [0.29, 0.717) is 10.8 Å². The highest BCUT2D eigenvalue weighted by molar-refractivity contribution is 7.80. The summed E-state index contributed by atoms with van der Waals surface area (Å²) < 4.78 is 13.2. The predicted molar refractivity (Wildman–Crippen MR) is 94.5 cm³/mol. The second-order valence-corrected chi connectivity index (χ2v) is 5.82. The fourth-order valence-electron chi connectivity index (χ4n) is 2.63. The van der Waals surface area contributed by atoms with Crippen molar-refractivity contribution >= 4 is 28.7 Å². The average Bonchev–Trinajstić information content (AvgIpc) is 2.55. The monoisotopic (exact) mass is 331 g/mol. The Labute approximate surface area is 140 Å². The van der Waals surface area contributed by atoms with E-state index in [2.05, 4.69) is 15.1 Å². The third-order valence-corrected chi connectivity index (χ3v) is 4.20. The molecular weight excluding hydrogens is 313 g/mol. The Hall–Kier alpha value is -2.34. The van der Waals surface area contributed by atoms with Crippen molar-refractivity contribution in [2.75, 3.05) is 36.4 Å². The van der Waals surface area contributed by atoms with E-state index in [0.717, 1.165) is 31.9 Å².